The molecular weight excluding hydrogens is 428 g/mol. The van der Waals surface area contributed by atoms with Gasteiger partial charge in [0.2, 0.25) is 0 Å². The molecule has 1 heterocycles. The Morgan fingerprint density at radius 2 is 1.66 bits per heavy atom. The Morgan fingerprint density at radius 1 is 1.06 bits per heavy atom. The van der Waals surface area contributed by atoms with Crippen molar-refractivity contribution in [3.05, 3.63) is 71.3 Å². The van der Waals surface area contributed by atoms with Crippen LogP contribution in [0.3, 0.4) is 0 Å². The number of nitrogens with zero attached hydrogens (tertiary/aromatic N) is 1. The van der Waals surface area contributed by atoms with Crippen LogP contribution in [0.1, 0.15) is 59.9 Å². The second-order valence-corrected chi connectivity index (χ2v) is 10.1. The Kier molecular flexibility index (Phi) is 6.69. The number of amides is 2. The van der Waals surface area contributed by atoms with E-state index in [-0.39, 0.29) is 16.7 Å². The topological polar surface area (TPSA) is 108 Å². The molecule has 3 rings (SSSR count). The summed E-state index contributed by atoms with van der Waals surface area (Å²) in [6, 6.07) is 11.4. The number of hydrogen-bond acceptors (Lipinski definition) is 4. The minimum absolute atomic E-state index is 0.149. The van der Waals surface area contributed by atoms with Crippen LogP contribution >= 0.6 is 0 Å². The van der Waals surface area contributed by atoms with Crippen molar-refractivity contribution in [2.45, 2.75) is 43.9 Å². The van der Waals surface area contributed by atoms with Crippen LogP contribution in [0.4, 0.5) is 5.69 Å². The molecule has 0 atom stereocenters. The number of quaternary nitrogens is 1. The SMILES string of the molecule is C=C(C)C(C)(C)c1cc(S(=O)(=O)O)ccc1[NH2+]CCCCN1C(=O)c2ccccc2C1=O. The molecule has 0 radical (unpaired) electrons. The molecule has 2 aromatic carbocycles. The van der Waals surface area contributed by atoms with E-state index in [1.807, 2.05) is 26.1 Å². The van der Waals surface area contributed by atoms with Crippen molar-refractivity contribution in [3.63, 3.8) is 0 Å². The molecule has 2 amide bonds. The number of benzene rings is 2. The van der Waals surface area contributed by atoms with Crippen molar-refractivity contribution in [2.75, 3.05) is 13.1 Å². The highest BCUT2D eigenvalue weighted by atomic mass is 32.2. The number of carbonyl (C=O) groups excluding carboxylic acids is 2. The molecule has 32 heavy (non-hydrogen) atoms. The van der Waals surface area contributed by atoms with E-state index < -0.39 is 15.5 Å². The lowest BCUT2D eigenvalue weighted by Gasteiger charge is -2.27. The standard InChI is InChI=1S/C24H28N2O5S/c1-16(2)24(3,4)20-15-17(32(29,30)31)11-12-21(20)25-13-7-8-14-26-22(27)18-9-5-6-10-19(18)23(26)28/h5-6,9-12,15,25H,1,7-8,13-14H2,2-4H3,(H,29,30,31)/p+1. The van der Waals surface area contributed by atoms with Gasteiger partial charge in [0.25, 0.3) is 21.9 Å². The van der Waals surface area contributed by atoms with Crippen LogP contribution < -0.4 is 5.32 Å². The first-order valence-electron chi connectivity index (χ1n) is 10.5. The molecule has 3 N–H and O–H groups in total. The van der Waals surface area contributed by atoms with E-state index in [1.165, 1.54) is 17.0 Å². The van der Waals surface area contributed by atoms with Crippen molar-refractivity contribution < 1.29 is 27.9 Å². The second kappa shape index (κ2) is 8.97. The quantitative estimate of drug-likeness (QED) is 0.198. The highest BCUT2D eigenvalue weighted by molar-refractivity contribution is 7.85. The van der Waals surface area contributed by atoms with Gasteiger partial charge in [-0.05, 0) is 44.0 Å². The summed E-state index contributed by atoms with van der Waals surface area (Å²) < 4.78 is 32.7. The van der Waals surface area contributed by atoms with E-state index in [2.05, 4.69) is 6.58 Å². The summed E-state index contributed by atoms with van der Waals surface area (Å²) in [5.74, 6) is -0.498. The van der Waals surface area contributed by atoms with Crippen molar-refractivity contribution in [3.8, 4) is 0 Å². The Morgan fingerprint density at radius 3 is 2.19 bits per heavy atom. The van der Waals surface area contributed by atoms with Crippen molar-refractivity contribution in [1.29, 1.82) is 0 Å². The molecule has 0 aromatic heterocycles. The van der Waals surface area contributed by atoms with Gasteiger partial charge in [-0.15, -0.1) is 0 Å². The molecule has 0 saturated carbocycles. The molecule has 2 aromatic rings. The van der Waals surface area contributed by atoms with E-state index in [4.69, 9.17) is 0 Å². The maximum absolute atomic E-state index is 12.4. The average molecular weight is 458 g/mol. The molecule has 0 unspecified atom stereocenters. The summed E-state index contributed by atoms with van der Waals surface area (Å²) in [6.07, 6.45) is 1.41. The number of fused-ring (bicyclic) bond motifs is 1. The van der Waals surface area contributed by atoms with Crippen LogP contribution in [0.2, 0.25) is 0 Å². The van der Waals surface area contributed by atoms with E-state index in [0.717, 1.165) is 23.2 Å². The Labute approximate surface area is 188 Å². The van der Waals surface area contributed by atoms with Gasteiger partial charge in [-0.1, -0.05) is 38.1 Å². The Hall–Kier alpha value is -2.81. The summed E-state index contributed by atoms with van der Waals surface area (Å²) in [6.45, 7) is 10.9. The van der Waals surface area contributed by atoms with Gasteiger partial charge in [0.15, 0.2) is 0 Å². The van der Waals surface area contributed by atoms with Crippen LogP contribution in [-0.2, 0) is 15.5 Å². The van der Waals surface area contributed by atoms with Crippen LogP contribution in [-0.4, -0.2) is 42.8 Å². The molecule has 1 aliphatic heterocycles. The zero-order chi connectivity index (χ0) is 23.7. The van der Waals surface area contributed by atoms with Gasteiger partial charge in [0.05, 0.1) is 22.6 Å². The van der Waals surface area contributed by atoms with Gasteiger partial charge in [-0.2, -0.15) is 8.42 Å². The summed E-state index contributed by atoms with van der Waals surface area (Å²) >= 11 is 0. The Bertz CT molecular complexity index is 1150. The molecule has 7 nitrogen and oxygen atoms in total. The van der Waals surface area contributed by atoms with Gasteiger partial charge in [-0.3, -0.25) is 19.0 Å². The lowest BCUT2D eigenvalue weighted by molar-refractivity contribution is -0.572. The first-order chi connectivity index (χ1) is 14.9. The average Bonchev–Trinajstić information content (AvgIpc) is 2.97. The van der Waals surface area contributed by atoms with E-state index >= 15 is 0 Å². The fraction of sp³-hybridized carbons (Fsp3) is 0.333. The third-order valence-corrected chi connectivity index (χ3v) is 6.99. The summed E-state index contributed by atoms with van der Waals surface area (Å²) in [5, 5.41) is 2.01. The van der Waals surface area contributed by atoms with Gasteiger partial charge in [-0.25, -0.2) is 0 Å². The maximum atomic E-state index is 12.4. The third kappa shape index (κ3) is 4.67. The zero-order valence-corrected chi connectivity index (χ0v) is 19.4. The normalized spacial score (nSPS) is 14.1. The number of carbonyl (C=O) groups is 2. The molecule has 1 aliphatic rings. The maximum Gasteiger partial charge on any atom is 0.294 e. The minimum atomic E-state index is -4.31. The highest BCUT2D eigenvalue weighted by Gasteiger charge is 2.34. The first-order valence-corrected chi connectivity index (χ1v) is 11.9. The predicted octanol–water partition coefficient (Wildman–Crippen LogP) is 3.06. The monoisotopic (exact) mass is 457 g/mol. The summed E-state index contributed by atoms with van der Waals surface area (Å²) in [5.41, 5.74) is 2.91. The fourth-order valence-corrected chi connectivity index (χ4v) is 4.27. The van der Waals surface area contributed by atoms with Crippen molar-refractivity contribution in [2.24, 2.45) is 0 Å². The molecule has 0 spiro atoms. The van der Waals surface area contributed by atoms with Crippen molar-refractivity contribution in [1.82, 2.24) is 4.90 Å². The molecule has 0 bridgehead atoms. The van der Waals surface area contributed by atoms with E-state index in [9.17, 15) is 22.6 Å². The number of unbranched alkanes of at least 4 members (excludes halogenated alkanes) is 1. The van der Waals surface area contributed by atoms with E-state index in [1.54, 1.807) is 30.3 Å². The number of nitrogens with two attached hydrogens (primary N) is 1. The van der Waals surface area contributed by atoms with Gasteiger partial charge in [0, 0.05) is 23.6 Å². The lowest BCUT2D eigenvalue weighted by atomic mass is 9.78. The molecule has 8 heteroatoms. The lowest BCUT2D eigenvalue weighted by Crippen LogP contribution is -2.78. The van der Waals surface area contributed by atoms with Crippen LogP contribution in [0.5, 0.6) is 0 Å². The zero-order valence-electron chi connectivity index (χ0n) is 18.6. The predicted molar refractivity (Wildman–Crippen MR) is 122 cm³/mol. The number of allylic oxidation sites excluding steroid dienone is 1. The first kappa shape index (κ1) is 23.8. The van der Waals surface area contributed by atoms with E-state index in [0.29, 0.717) is 30.6 Å². The molecule has 0 aliphatic carbocycles. The van der Waals surface area contributed by atoms with Gasteiger partial charge >= 0.3 is 0 Å². The largest absolute Gasteiger partial charge is 0.314 e. The Balaban J connectivity index is 1.65. The summed E-state index contributed by atoms with van der Waals surface area (Å²) in [4.78, 5) is 26.0. The van der Waals surface area contributed by atoms with Crippen molar-refractivity contribution >= 4 is 27.6 Å². The molecule has 170 valence electrons. The van der Waals surface area contributed by atoms with Gasteiger partial charge < -0.3 is 5.32 Å². The van der Waals surface area contributed by atoms with Crippen LogP contribution in [0, 0.1) is 0 Å². The highest BCUT2D eigenvalue weighted by Crippen LogP contribution is 2.35. The number of rotatable bonds is 9. The second-order valence-electron chi connectivity index (χ2n) is 8.64. The molecular formula is C24H29N2O5S+. The number of hydrogen-bond donors (Lipinski definition) is 2. The smallest absolute Gasteiger partial charge is 0.294 e. The van der Waals surface area contributed by atoms with Crippen LogP contribution in [0.25, 0.3) is 0 Å². The number of imide groups is 1. The molecule has 0 saturated heterocycles. The fourth-order valence-electron chi connectivity index (χ4n) is 3.76. The third-order valence-electron chi connectivity index (χ3n) is 6.14. The minimum Gasteiger partial charge on any atom is -0.314 e. The van der Waals surface area contributed by atoms with Gasteiger partial charge in [0.1, 0.15) is 5.69 Å². The molecule has 0 fully saturated rings. The van der Waals surface area contributed by atoms with Crippen LogP contribution in [0.15, 0.2) is 59.5 Å². The summed E-state index contributed by atoms with van der Waals surface area (Å²) in [7, 11) is -4.31.